The number of thioether (sulfide) groups is 1. The Hall–Kier alpha value is -2.56. The molecule has 2 aromatic rings. The van der Waals surface area contributed by atoms with Crippen LogP contribution in [0.4, 0.5) is 4.79 Å². The maximum atomic E-state index is 11.5. The number of alkyl carbamates (subject to hydrolysis) is 1. The SMILES string of the molecule is C[C@H](NC(=O)OCCSCCn1cnc2c(=O)[nH]cnc21)C(=O)O. The van der Waals surface area contributed by atoms with Crippen LogP contribution in [0.2, 0.25) is 0 Å². The minimum atomic E-state index is -1.12. The Morgan fingerprint density at radius 2 is 2.25 bits per heavy atom. The minimum absolute atomic E-state index is 0.172. The van der Waals surface area contributed by atoms with Gasteiger partial charge < -0.3 is 24.7 Å². The molecule has 0 aliphatic heterocycles. The van der Waals surface area contributed by atoms with Gasteiger partial charge in [-0.3, -0.25) is 9.59 Å². The zero-order chi connectivity index (χ0) is 17.5. The number of aliphatic carboxylic acids is 1. The lowest BCUT2D eigenvalue weighted by Crippen LogP contribution is -2.38. The number of ether oxygens (including phenoxy) is 1. The molecular weight excluding hydrogens is 338 g/mol. The molecule has 1 atom stereocenters. The van der Waals surface area contributed by atoms with Crippen molar-refractivity contribution >= 4 is 35.0 Å². The Bertz CT molecular complexity index is 773. The topological polar surface area (TPSA) is 139 Å². The molecule has 130 valence electrons. The lowest BCUT2D eigenvalue weighted by atomic mass is 10.4. The van der Waals surface area contributed by atoms with E-state index in [-0.39, 0.29) is 12.2 Å². The van der Waals surface area contributed by atoms with Crippen molar-refractivity contribution in [3.63, 3.8) is 0 Å². The predicted molar refractivity (Wildman–Crippen MR) is 87.1 cm³/mol. The highest BCUT2D eigenvalue weighted by Crippen LogP contribution is 2.07. The number of aromatic amines is 1. The van der Waals surface area contributed by atoms with Crippen LogP contribution in [-0.2, 0) is 16.1 Å². The van der Waals surface area contributed by atoms with E-state index < -0.39 is 18.1 Å². The van der Waals surface area contributed by atoms with Crippen LogP contribution >= 0.6 is 11.8 Å². The second-order valence-electron chi connectivity index (χ2n) is 4.79. The summed E-state index contributed by atoms with van der Waals surface area (Å²) in [5.41, 5.74) is 0.550. The Kier molecular flexibility index (Phi) is 6.18. The molecule has 3 N–H and O–H groups in total. The number of nitrogens with one attached hydrogen (secondary N) is 2. The molecule has 0 unspecified atom stereocenters. The number of carboxylic acid groups (broad SMARTS) is 1. The van der Waals surface area contributed by atoms with Gasteiger partial charge in [-0.1, -0.05) is 0 Å². The molecule has 2 aromatic heterocycles. The maximum absolute atomic E-state index is 11.5. The summed E-state index contributed by atoms with van der Waals surface area (Å²) in [6, 6.07) is -0.990. The lowest BCUT2D eigenvalue weighted by Gasteiger charge is -2.09. The smallest absolute Gasteiger partial charge is 0.407 e. The zero-order valence-corrected chi connectivity index (χ0v) is 13.7. The van der Waals surface area contributed by atoms with Crippen LogP contribution in [0.3, 0.4) is 0 Å². The first-order chi connectivity index (χ1) is 11.5. The fraction of sp³-hybridized carbons (Fsp3) is 0.462. The van der Waals surface area contributed by atoms with Crippen molar-refractivity contribution in [3.05, 3.63) is 23.0 Å². The number of H-pyrrole nitrogens is 1. The summed E-state index contributed by atoms with van der Waals surface area (Å²) >= 11 is 1.55. The van der Waals surface area contributed by atoms with Crippen LogP contribution in [0.1, 0.15) is 6.92 Å². The standard InChI is InChI=1S/C13H17N5O5S/c1-8(12(20)21)17-13(22)23-3-5-24-4-2-18-7-16-9-10(18)14-6-15-11(9)19/h6-8H,2-5H2,1H3,(H,17,22)(H,20,21)(H,14,15,19)/t8-/m0/s1. The van der Waals surface area contributed by atoms with Gasteiger partial charge in [-0.2, -0.15) is 11.8 Å². The van der Waals surface area contributed by atoms with Crippen molar-refractivity contribution in [1.29, 1.82) is 0 Å². The molecule has 0 bridgehead atoms. The van der Waals surface area contributed by atoms with Crippen molar-refractivity contribution in [3.8, 4) is 0 Å². The van der Waals surface area contributed by atoms with Gasteiger partial charge in [0, 0.05) is 18.1 Å². The van der Waals surface area contributed by atoms with Crippen LogP contribution in [0, 0.1) is 0 Å². The highest BCUT2D eigenvalue weighted by molar-refractivity contribution is 7.99. The molecule has 1 amide bonds. The molecule has 24 heavy (non-hydrogen) atoms. The first kappa shape index (κ1) is 17.8. The number of nitrogens with zero attached hydrogens (tertiary/aromatic N) is 3. The van der Waals surface area contributed by atoms with Gasteiger partial charge in [0.15, 0.2) is 11.2 Å². The Labute approximate surface area is 140 Å². The van der Waals surface area contributed by atoms with Gasteiger partial charge in [0.1, 0.15) is 12.6 Å². The molecule has 10 nitrogen and oxygen atoms in total. The molecule has 2 heterocycles. The summed E-state index contributed by atoms with van der Waals surface area (Å²) in [5.74, 6) is 0.160. The Morgan fingerprint density at radius 3 is 3.00 bits per heavy atom. The van der Waals surface area contributed by atoms with E-state index in [9.17, 15) is 14.4 Å². The molecule has 0 radical (unpaired) electrons. The van der Waals surface area contributed by atoms with Crippen LogP contribution in [-0.4, -0.2) is 60.8 Å². The van der Waals surface area contributed by atoms with Gasteiger partial charge in [0.2, 0.25) is 0 Å². The minimum Gasteiger partial charge on any atom is -0.480 e. The van der Waals surface area contributed by atoms with Crippen LogP contribution in [0.15, 0.2) is 17.4 Å². The Balaban J connectivity index is 1.66. The quantitative estimate of drug-likeness (QED) is 0.565. The number of rotatable bonds is 8. The van der Waals surface area contributed by atoms with Crippen molar-refractivity contribution in [2.75, 3.05) is 18.1 Å². The van der Waals surface area contributed by atoms with E-state index in [1.165, 1.54) is 13.3 Å². The summed E-state index contributed by atoms with van der Waals surface area (Å²) in [4.78, 5) is 44.0. The maximum Gasteiger partial charge on any atom is 0.407 e. The average Bonchev–Trinajstić information content (AvgIpc) is 2.95. The fourth-order valence-corrected chi connectivity index (χ4v) is 2.52. The number of carbonyl (C=O) groups is 2. The third-order valence-electron chi connectivity index (χ3n) is 3.05. The molecule has 0 fully saturated rings. The first-order valence-corrected chi connectivity index (χ1v) is 8.27. The van der Waals surface area contributed by atoms with Gasteiger partial charge in [-0.25, -0.2) is 14.8 Å². The largest absolute Gasteiger partial charge is 0.480 e. The van der Waals surface area contributed by atoms with Crippen LogP contribution in [0.5, 0.6) is 0 Å². The highest BCUT2D eigenvalue weighted by Gasteiger charge is 2.14. The summed E-state index contributed by atoms with van der Waals surface area (Å²) in [6.45, 7) is 2.14. The van der Waals surface area contributed by atoms with E-state index >= 15 is 0 Å². The average molecular weight is 355 g/mol. The molecule has 0 aromatic carbocycles. The van der Waals surface area contributed by atoms with E-state index in [1.807, 2.05) is 0 Å². The third kappa shape index (κ3) is 4.72. The molecule has 0 saturated heterocycles. The van der Waals surface area contributed by atoms with Gasteiger partial charge in [-0.05, 0) is 6.92 Å². The molecule has 2 rings (SSSR count). The van der Waals surface area contributed by atoms with Crippen LogP contribution < -0.4 is 10.9 Å². The van der Waals surface area contributed by atoms with E-state index in [1.54, 1.807) is 22.7 Å². The van der Waals surface area contributed by atoms with Gasteiger partial charge >= 0.3 is 12.1 Å². The second-order valence-corrected chi connectivity index (χ2v) is 6.02. The number of fused-ring (bicyclic) bond motifs is 1. The normalized spacial score (nSPS) is 12.0. The number of hydrogen-bond acceptors (Lipinski definition) is 7. The number of aromatic nitrogens is 4. The summed E-state index contributed by atoms with van der Waals surface area (Å²) in [6.07, 6.45) is 2.14. The molecule has 0 aliphatic rings. The molecule has 0 spiro atoms. The highest BCUT2D eigenvalue weighted by atomic mass is 32.2. The number of hydrogen-bond donors (Lipinski definition) is 3. The van der Waals surface area contributed by atoms with E-state index in [0.29, 0.717) is 23.5 Å². The Morgan fingerprint density at radius 1 is 1.46 bits per heavy atom. The number of amides is 1. The number of aryl methyl sites for hydroxylation is 1. The summed E-state index contributed by atoms with van der Waals surface area (Å²) in [7, 11) is 0. The van der Waals surface area contributed by atoms with E-state index in [2.05, 4.69) is 20.3 Å². The fourth-order valence-electron chi connectivity index (χ4n) is 1.79. The molecular formula is C13H17N5O5S. The second kappa shape index (κ2) is 8.34. The van der Waals surface area contributed by atoms with Crippen molar-refractivity contribution < 1.29 is 19.4 Å². The van der Waals surface area contributed by atoms with E-state index in [4.69, 9.17) is 9.84 Å². The third-order valence-corrected chi connectivity index (χ3v) is 3.98. The van der Waals surface area contributed by atoms with Crippen LogP contribution in [0.25, 0.3) is 11.2 Å². The number of imidazole rings is 1. The first-order valence-electron chi connectivity index (χ1n) is 7.11. The van der Waals surface area contributed by atoms with Gasteiger partial charge in [0.25, 0.3) is 5.56 Å². The number of carboxylic acids is 1. The van der Waals surface area contributed by atoms with Crippen molar-refractivity contribution in [1.82, 2.24) is 24.8 Å². The molecule has 0 saturated carbocycles. The summed E-state index contributed by atoms with van der Waals surface area (Å²) in [5, 5.41) is 10.8. The summed E-state index contributed by atoms with van der Waals surface area (Å²) < 4.78 is 6.65. The van der Waals surface area contributed by atoms with Gasteiger partial charge in [0.05, 0.1) is 12.7 Å². The van der Waals surface area contributed by atoms with Gasteiger partial charge in [-0.15, -0.1) is 0 Å². The van der Waals surface area contributed by atoms with Crippen molar-refractivity contribution in [2.45, 2.75) is 19.5 Å². The monoisotopic (exact) mass is 355 g/mol. The van der Waals surface area contributed by atoms with Crippen molar-refractivity contribution in [2.24, 2.45) is 0 Å². The van der Waals surface area contributed by atoms with E-state index in [0.717, 1.165) is 5.75 Å². The molecule has 11 heteroatoms. The predicted octanol–water partition coefficient (Wildman–Crippen LogP) is 0.0521. The number of carbonyl (C=O) groups excluding carboxylic acids is 1. The zero-order valence-electron chi connectivity index (χ0n) is 12.9. The lowest BCUT2D eigenvalue weighted by molar-refractivity contribution is -0.138. The molecule has 0 aliphatic carbocycles.